The van der Waals surface area contributed by atoms with E-state index >= 15 is 0 Å². The molecule has 0 saturated heterocycles. The molecule has 6 nitrogen and oxygen atoms in total. The van der Waals surface area contributed by atoms with Gasteiger partial charge in [-0.05, 0) is 12.5 Å². The summed E-state index contributed by atoms with van der Waals surface area (Å²) in [6.07, 6.45) is 0.983. The van der Waals surface area contributed by atoms with Gasteiger partial charge in [-0.15, -0.1) is 0 Å². The maximum Gasteiger partial charge on any atom is 0.270 e. The first kappa shape index (κ1) is 16.4. The Labute approximate surface area is 133 Å². The number of nitrogens with one attached hydrogen (secondary N) is 1. The normalized spacial score (nSPS) is 10.1. The van der Waals surface area contributed by atoms with E-state index in [-0.39, 0.29) is 28.6 Å². The number of hydrogen-bond acceptors (Lipinski definition) is 4. The summed E-state index contributed by atoms with van der Waals surface area (Å²) >= 11 is 0. The van der Waals surface area contributed by atoms with E-state index in [9.17, 15) is 19.7 Å². The van der Waals surface area contributed by atoms with Crippen molar-refractivity contribution in [1.29, 1.82) is 0 Å². The number of hydrogen-bond donors (Lipinski definition) is 1. The molecule has 0 aliphatic heterocycles. The summed E-state index contributed by atoms with van der Waals surface area (Å²) in [6, 6.07) is 12.3. The van der Waals surface area contributed by atoms with Crippen LogP contribution in [-0.2, 0) is 4.79 Å². The number of rotatable bonds is 6. The lowest BCUT2D eigenvalue weighted by atomic mass is 10.0. The van der Waals surface area contributed by atoms with Crippen LogP contribution in [0.5, 0.6) is 0 Å². The highest BCUT2D eigenvalue weighted by molar-refractivity contribution is 6.14. The maximum atomic E-state index is 12.6. The number of nitro groups is 1. The number of nitrogens with zero attached hydrogens (tertiary/aromatic N) is 1. The van der Waals surface area contributed by atoms with Gasteiger partial charge in [0, 0.05) is 24.1 Å². The molecule has 6 heteroatoms. The first-order valence-corrected chi connectivity index (χ1v) is 7.21. The summed E-state index contributed by atoms with van der Waals surface area (Å²) in [4.78, 5) is 34.8. The molecule has 2 aromatic carbocycles. The van der Waals surface area contributed by atoms with Crippen molar-refractivity contribution in [3.05, 3.63) is 69.8 Å². The van der Waals surface area contributed by atoms with E-state index in [1.54, 1.807) is 30.3 Å². The molecule has 2 rings (SSSR count). The van der Waals surface area contributed by atoms with Crippen molar-refractivity contribution in [2.24, 2.45) is 0 Å². The topological polar surface area (TPSA) is 89.3 Å². The Morgan fingerprint density at radius 3 is 2.43 bits per heavy atom. The van der Waals surface area contributed by atoms with Gasteiger partial charge in [0.15, 0.2) is 5.78 Å². The second kappa shape index (κ2) is 7.31. The fourth-order valence-corrected chi connectivity index (χ4v) is 2.13. The van der Waals surface area contributed by atoms with Crippen molar-refractivity contribution < 1.29 is 14.5 Å². The largest absolute Gasteiger partial charge is 0.325 e. The maximum absolute atomic E-state index is 12.6. The second-order valence-electron chi connectivity index (χ2n) is 4.98. The number of amides is 1. The fourth-order valence-electron chi connectivity index (χ4n) is 2.13. The van der Waals surface area contributed by atoms with Crippen molar-refractivity contribution in [3.8, 4) is 0 Å². The van der Waals surface area contributed by atoms with Gasteiger partial charge in [-0.3, -0.25) is 19.7 Å². The number of carbonyl (C=O) groups is 2. The first-order chi connectivity index (χ1) is 11.0. The van der Waals surface area contributed by atoms with Gasteiger partial charge in [0.2, 0.25) is 5.91 Å². The minimum Gasteiger partial charge on any atom is -0.325 e. The van der Waals surface area contributed by atoms with E-state index < -0.39 is 4.92 Å². The Morgan fingerprint density at radius 1 is 1.13 bits per heavy atom. The van der Waals surface area contributed by atoms with E-state index in [1.807, 2.05) is 6.92 Å². The van der Waals surface area contributed by atoms with Crippen molar-refractivity contribution >= 4 is 23.1 Å². The number of nitro benzene ring substituents is 1. The Morgan fingerprint density at radius 2 is 1.83 bits per heavy atom. The molecule has 1 amide bonds. The number of ketones is 1. The third-order valence-corrected chi connectivity index (χ3v) is 3.25. The molecule has 0 radical (unpaired) electrons. The highest BCUT2D eigenvalue weighted by atomic mass is 16.6. The number of benzene rings is 2. The van der Waals surface area contributed by atoms with Gasteiger partial charge in [-0.1, -0.05) is 37.3 Å². The molecule has 2 aromatic rings. The lowest BCUT2D eigenvalue weighted by Gasteiger charge is -2.10. The van der Waals surface area contributed by atoms with Gasteiger partial charge in [-0.25, -0.2) is 0 Å². The summed E-state index contributed by atoms with van der Waals surface area (Å²) in [5, 5.41) is 13.6. The molecule has 23 heavy (non-hydrogen) atoms. The zero-order valence-electron chi connectivity index (χ0n) is 12.6. The van der Waals surface area contributed by atoms with Crippen molar-refractivity contribution in [2.75, 3.05) is 5.32 Å². The smallest absolute Gasteiger partial charge is 0.270 e. The van der Waals surface area contributed by atoms with Crippen LogP contribution in [0.4, 0.5) is 11.4 Å². The minimum absolute atomic E-state index is 0.106. The fraction of sp³-hybridized carbons (Fsp3) is 0.176. The lowest BCUT2D eigenvalue weighted by molar-refractivity contribution is -0.384. The SMILES string of the molecule is CCCC(=O)Nc1ccc([N+](=O)[O-])cc1C(=O)c1ccccc1. The summed E-state index contributed by atoms with van der Waals surface area (Å²) < 4.78 is 0. The van der Waals surface area contributed by atoms with Crippen LogP contribution >= 0.6 is 0 Å². The predicted molar refractivity (Wildman–Crippen MR) is 86.5 cm³/mol. The summed E-state index contributed by atoms with van der Waals surface area (Å²) in [5.74, 6) is -0.607. The van der Waals surface area contributed by atoms with E-state index in [0.29, 0.717) is 18.4 Å². The van der Waals surface area contributed by atoms with Gasteiger partial charge in [0.05, 0.1) is 16.2 Å². The van der Waals surface area contributed by atoms with Crippen molar-refractivity contribution in [2.45, 2.75) is 19.8 Å². The molecule has 0 aliphatic rings. The van der Waals surface area contributed by atoms with E-state index in [4.69, 9.17) is 0 Å². The Hall–Kier alpha value is -3.02. The zero-order chi connectivity index (χ0) is 16.8. The Kier molecular flexibility index (Phi) is 5.19. The van der Waals surface area contributed by atoms with E-state index in [0.717, 1.165) is 0 Å². The number of carbonyl (C=O) groups excluding carboxylic acids is 2. The molecule has 0 saturated carbocycles. The zero-order valence-corrected chi connectivity index (χ0v) is 12.6. The van der Waals surface area contributed by atoms with Gasteiger partial charge in [-0.2, -0.15) is 0 Å². The highest BCUT2D eigenvalue weighted by Crippen LogP contribution is 2.25. The van der Waals surface area contributed by atoms with Gasteiger partial charge in [0.1, 0.15) is 0 Å². The molecule has 1 N–H and O–H groups in total. The molecular weight excluding hydrogens is 296 g/mol. The average Bonchev–Trinajstić information content (AvgIpc) is 2.55. The van der Waals surface area contributed by atoms with E-state index in [2.05, 4.69) is 5.32 Å². The van der Waals surface area contributed by atoms with Crippen molar-refractivity contribution in [1.82, 2.24) is 0 Å². The quantitative estimate of drug-likeness (QED) is 0.501. The minimum atomic E-state index is -0.570. The summed E-state index contributed by atoms with van der Waals surface area (Å²) in [6.45, 7) is 1.87. The van der Waals surface area contributed by atoms with Crippen molar-refractivity contribution in [3.63, 3.8) is 0 Å². The molecule has 0 spiro atoms. The molecular formula is C17H16N2O4. The molecule has 0 unspecified atom stereocenters. The molecule has 118 valence electrons. The standard InChI is InChI=1S/C17H16N2O4/c1-2-6-16(20)18-15-10-9-13(19(22)23)11-14(15)17(21)12-7-4-3-5-8-12/h3-5,7-11H,2,6H2,1H3,(H,18,20). The van der Waals surface area contributed by atoms with Crippen LogP contribution in [0.25, 0.3) is 0 Å². The molecule has 0 bridgehead atoms. The van der Waals surface area contributed by atoms with Gasteiger partial charge < -0.3 is 5.32 Å². The molecule has 0 fully saturated rings. The van der Waals surface area contributed by atoms with Crippen LogP contribution < -0.4 is 5.32 Å². The average molecular weight is 312 g/mol. The summed E-state index contributed by atoms with van der Waals surface area (Å²) in [7, 11) is 0. The first-order valence-electron chi connectivity index (χ1n) is 7.21. The van der Waals surface area contributed by atoms with Gasteiger partial charge in [0.25, 0.3) is 5.69 Å². The molecule has 0 aliphatic carbocycles. The molecule has 0 aromatic heterocycles. The van der Waals surface area contributed by atoms with E-state index in [1.165, 1.54) is 18.2 Å². The third kappa shape index (κ3) is 4.00. The van der Waals surface area contributed by atoms with Crippen LogP contribution in [0.3, 0.4) is 0 Å². The molecule has 0 heterocycles. The Balaban J connectivity index is 2.44. The highest BCUT2D eigenvalue weighted by Gasteiger charge is 2.19. The van der Waals surface area contributed by atoms with Crippen LogP contribution in [0.2, 0.25) is 0 Å². The monoisotopic (exact) mass is 312 g/mol. The Bertz CT molecular complexity index is 742. The third-order valence-electron chi connectivity index (χ3n) is 3.25. The van der Waals surface area contributed by atoms with Crippen LogP contribution in [0.1, 0.15) is 35.7 Å². The second-order valence-corrected chi connectivity index (χ2v) is 4.98. The van der Waals surface area contributed by atoms with Crippen LogP contribution in [0, 0.1) is 10.1 Å². The number of anilines is 1. The lowest BCUT2D eigenvalue weighted by Crippen LogP contribution is -2.14. The molecule has 0 atom stereocenters. The van der Waals surface area contributed by atoms with Gasteiger partial charge >= 0.3 is 0 Å². The van der Waals surface area contributed by atoms with Crippen LogP contribution in [0.15, 0.2) is 48.5 Å². The number of non-ortho nitro benzene ring substituents is 1. The van der Waals surface area contributed by atoms with Crippen LogP contribution in [-0.4, -0.2) is 16.6 Å². The predicted octanol–water partition coefficient (Wildman–Crippen LogP) is 3.56. The summed E-state index contributed by atoms with van der Waals surface area (Å²) in [5.41, 5.74) is 0.592.